The summed E-state index contributed by atoms with van der Waals surface area (Å²) in [6.45, 7) is -0.267. The van der Waals surface area contributed by atoms with Crippen LogP contribution in [0.3, 0.4) is 0 Å². The summed E-state index contributed by atoms with van der Waals surface area (Å²) in [5.41, 5.74) is 1.18. The molecule has 9 nitrogen and oxygen atoms in total. The van der Waals surface area contributed by atoms with Crippen molar-refractivity contribution in [3.63, 3.8) is 0 Å². The van der Waals surface area contributed by atoms with Crippen LogP contribution in [0.25, 0.3) is 0 Å². The van der Waals surface area contributed by atoms with Gasteiger partial charge in [-0.1, -0.05) is 36.4 Å². The van der Waals surface area contributed by atoms with Gasteiger partial charge in [0.2, 0.25) is 5.91 Å². The van der Waals surface area contributed by atoms with E-state index in [2.05, 4.69) is 16.0 Å². The number of imide groups is 1. The molecule has 2 aromatic carbocycles. The zero-order valence-electron chi connectivity index (χ0n) is 18.2. The minimum Gasteiger partial charge on any atom is -0.467 e. The molecule has 3 N–H and O–H groups in total. The van der Waals surface area contributed by atoms with Crippen molar-refractivity contribution in [2.75, 3.05) is 11.9 Å². The molecule has 3 aromatic rings. The third-order valence-corrected chi connectivity index (χ3v) is 6.17. The highest BCUT2D eigenvalue weighted by atomic mass is 16.3. The summed E-state index contributed by atoms with van der Waals surface area (Å²) in [5, 5.41) is 8.18. The molecule has 5 amide bonds. The molecule has 0 bridgehead atoms. The first kappa shape index (κ1) is 21.4. The standard InChI is InChI=1S/C25H22N4O5/c30-21(27-20-10-4-2-8-18(20)22(31)26-14-17-7-5-13-34-17)15-29-23(32)25(28-24(29)33)12-11-16-6-1-3-9-19(16)25/h1-10,13H,11-12,14-15H2,(H,26,31)(H,27,30)(H,28,33)/t25-/m0/s1. The van der Waals surface area contributed by atoms with Crippen molar-refractivity contribution < 1.29 is 23.6 Å². The fourth-order valence-electron chi connectivity index (χ4n) is 4.53. The normalized spacial score (nSPS) is 18.6. The largest absolute Gasteiger partial charge is 0.467 e. The van der Waals surface area contributed by atoms with Crippen molar-refractivity contribution >= 4 is 29.4 Å². The lowest BCUT2D eigenvalue weighted by atomic mass is 9.92. The molecule has 0 unspecified atom stereocenters. The average Bonchev–Trinajstić information content (AvgIpc) is 3.55. The molecule has 5 rings (SSSR count). The molecule has 34 heavy (non-hydrogen) atoms. The molecule has 1 aliphatic heterocycles. The number of fused-ring (bicyclic) bond motifs is 2. The Kier molecular flexibility index (Phi) is 5.37. The Balaban J connectivity index is 1.28. The first-order chi connectivity index (χ1) is 16.5. The molecule has 1 spiro atoms. The maximum Gasteiger partial charge on any atom is 0.325 e. The van der Waals surface area contributed by atoms with Crippen molar-refractivity contribution in [3.8, 4) is 0 Å². The smallest absolute Gasteiger partial charge is 0.325 e. The van der Waals surface area contributed by atoms with Gasteiger partial charge in [0.05, 0.1) is 24.1 Å². The Bertz CT molecular complexity index is 1290. The Morgan fingerprint density at radius 2 is 1.82 bits per heavy atom. The summed E-state index contributed by atoms with van der Waals surface area (Å²) < 4.78 is 5.21. The topological polar surface area (TPSA) is 121 Å². The van der Waals surface area contributed by atoms with Crippen molar-refractivity contribution in [2.24, 2.45) is 0 Å². The summed E-state index contributed by atoms with van der Waals surface area (Å²) in [7, 11) is 0. The molecule has 2 aliphatic rings. The van der Waals surface area contributed by atoms with Crippen molar-refractivity contribution in [1.29, 1.82) is 0 Å². The van der Waals surface area contributed by atoms with E-state index in [0.29, 0.717) is 18.6 Å². The van der Waals surface area contributed by atoms with Gasteiger partial charge in [0.25, 0.3) is 11.8 Å². The van der Waals surface area contributed by atoms with E-state index in [9.17, 15) is 19.2 Å². The molecule has 1 atom stereocenters. The van der Waals surface area contributed by atoms with E-state index in [1.807, 2.05) is 24.3 Å². The minimum absolute atomic E-state index is 0.195. The van der Waals surface area contributed by atoms with Crippen LogP contribution < -0.4 is 16.0 Å². The SMILES string of the molecule is O=C(CN1C(=O)N[C@]2(CCc3ccccc32)C1=O)Nc1ccccc1C(=O)NCc1ccco1. The van der Waals surface area contributed by atoms with E-state index in [4.69, 9.17) is 4.42 Å². The predicted molar refractivity (Wildman–Crippen MR) is 122 cm³/mol. The molecule has 1 saturated heterocycles. The van der Waals surface area contributed by atoms with Gasteiger partial charge in [-0.05, 0) is 48.2 Å². The second-order valence-electron chi connectivity index (χ2n) is 8.24. The van der Waals surface area contributed by atoms with Gasteiger partial charge in [-0.3, -0.25) is 19.3 Å². The number of para-hydroxylation sites is 1. The number of aryl methyl sites for hydroxylation is 1. The van der Waals surface area contributed by atoms with Gasteiger partial charge in [-0.15, -0.1) is 0 Å². The lowest BCUT2D eigenvalue weighted by Gasteiger charge is -2.22. The van der Waals surface area contributed by atoms with Gasteiger partial charge in [-0.2, -0.15) is 0 Å². The number of furan rings is 1. The molecule has 1 aliphatic carbocycles. The van der Waals surface area contributed by atoms with Crippen molar-refractivity contribution in [2.45, 2.75) is 24.9 Å². The maximum absolute atomic E-state index is 13.3. The van der Waals surface area contributed by atoms with Crippen LogP contribution in [0.2, 0.25) is 0 Å². The van der Waals surface area contributed by atoms with Crippen molar-refractivity contribution in [3.05, 3.63) is 89.4 Å². The van der Waals surface area contributed by atoms with Gasteiger partial charge in [0, 0.05) is 0 Å². The monoisotopic (exact) mass is 458 g/mol. The van der Waals surface area contributed by atoms with Crippen LogP contribution in [0.1, 0.15) is 33.7 Å². The minimum atomic E-state index is -1.13. The van der Waals surface area contributed by atoms with E-state index >= 15 is 0 Å². The molecule has 9 heteroatoms. The third-order valence-electron chi connectivity index (χ3n) is 6.17. The zero-order chi connectivity index (χ0) is 23.7. The van der Waals surface area contributed by atoms with Crippen LogP contribution in [0.5, 0.6) is 0 Å². The first-order valence-corrected chi connectivity index (χ1v) is 10.9. The van der Waals surface area contributed by atoms with Crippen LogP contribution in [0.4, 0.5) is 10.5 Å². The number of hydrogen-bond donors (Lipinski definition) is 3. The Morgan fingerprint density at radius 3 is 2.65 bits per heavy atom. The summed E-state index contributed by atoms with van der Waals surface area (Å²) in [4.78, 5) is 52.3. The lowest BCUT2D eigenvalue weighted by Crippen LogP contribution is -2.43. The predicted octanol–water partition coefficient (Wildman–Crippen LogP) is 2.54. The zero-order valence-corrected chi connectivity index (χ0v) is 18.2. The Hall–Kier alpha value is -4.40. The molecule has 0 radical (unpaired) electrons. The van der Waals surface area contributed by atoms with E-state index < -0.39 is 35.8 Å². The second kappa shape index (κ2) is 8.51. The average molecular weight is 458 g/mol. The summed E-state index contributed by atoms with van der Waals surface area (Å²) in [5.74, 6) is -0.833. The van der Waals surface area contributed by atoms with E-state index in [0.717, 1.165) is 16.0 Å². The van der Waals surface area contributed by atoms with E-state index in [1.165, 1.54) is 6.26 Å². The number of carbonyl (C=O) groups excluding carboxylic acids is 4. The van der Waals surface area contributed by atoms with Gasteiger partial charge in [0.15, 0.2) is 0 Å². The molecule has 0 saturated carbocycles. The van der Waals surface area contributed by atoms with E-state index in [1.54, 1.807) is 36.4 Å². The molecule has 1 fully saturated rings. The van der Waals surface area contributed by atoms with Gasteiger partial charge < -0.3 is 20.4 Å². The van der Waals surface area contributed by atoms with Gasteiger partial charge in [0.1, 0.15) is 17.8 Å². The fraction of sp³-hybridized carbons (Fsp3) is 0.200. The Morgan fingerprint density at radius 1 is 1.03 bits per heavy atom. The number of nitrogens with one attached hydrogen (secondary N) is 3. The number of hydrogen-bond acceptors (Lipinski definition) is 5. The number of rotatable bonds is 6. The van der Waals surface area contributed by atoms with Crippen LogP contribution >= 0.6 is 0 Å². The Labute approximate surface area is 195 Å². The number of anilines is 1. The summed E-state index contributed by atoms with van der Waals surface area (Å²) in [6, 6.07) is 16.9. The lowest BCUT2D eigenvalue weighted by molar-refractivity contribution is -0.134. The van der Waals surface area contributed by atoms with Crippen LogP contribution in [0.15, 0.2) is 71.3 Å². The molecular weight excluding hydrogens is 436 g/mol. The summed E-state index contributed by atoms with van der Waals surface area (Å²) >= 11 is 0. The number of amides is 5. The number of carbonyl (C=O) groups is 4. The highest BCUT2D eigenvalue weighted by molar-refractivity contribution is 6.11. The van der Waals surface area contributed by atoms with Crippen LogP contribution in [-0.2, 0) is 28.1 Å². The quantitative estimate of drug-likeness (QED) is 0.490. The van der Waals surface area contributed by atoms with E-state index in [-0.39, 0.29) is 17.8 Å². The number of urea groups is 1. The highest BCUT2D eigenvalue weighted by Gasteiger charge is 2.55. The molecule has 1 aromatic heterocycles. The molecular formula is C25H22N4O5. The van der Waals surface area contributed by atoms with Crippen molar-refractivity contribution in [1.82, 2.24) is 15.5 Å². The number of benzene rings is 2. The van der Waals surface area contributed by atoms with Crippen LogP contribution in [-0.4, -0.2) is 35.2 Å². The molecule has 172 valence electrons. The molecule has 2 heterocycles. The van der Waals surface area contributed by atoms with Gasteiger partial charge >= 0.3 is 6.03 Å². The van der Waals surface area contributed by atoms with Gasteiger partial charge in [-0.25, -0.2) is 4.79 Å². The fourth-order valence-corrected chi connectivity index (χ4v) is 4.53. The number of nitrogens with zero attached hydrogens (tertiary/aromatic N) is 1. The first-order valence-electron chi connectivity index (χ1n) is 10.9. The summed E-state index contributed by atoms with van der Waals surface area (Å²) in [6.07, 6.45) is 2.64. The maximum atomic E-state index is 13.3. The van der Waals surface area contributed by atoms with Crippen LogP contribution in [0, 0.1) is 0 Å². The third kappa shape index (κ3) is 3.71. The highest BCUT2D eigenvalue weighted by Crippen LogP contribution is 2.41. The second-order valence-corrected chi connectivity index (χ2v) is 8.24.